The second-order valence-corrected chi connectivity index (χ2v) is 13.6. The summed E-state index contributed by atoms with van der Waals surface area (Å²) in [6, 6.07) is 22.2. The molecule has 1 saturated carbocycles. The lowest BCUT2D eigenvalue weighted by atomic mass is 9.94. The molecule has 0 unspecified atom stereocenters. The quantitative estimate of drug-likeness (QED) is 0.239. The largest absolute Gasteiger partial charge is 0.352 e. The fraction of sp³-hybridized carbons (Fsp3) is 0.429. The molecule has 0 bridgehead atoms. The third kappa shape index (κ3) is 9.64. The van der Waals surface area contributed by atoms with Gasteiger partial charge in [-0.3, -0.25) is 13.9 Å². The summed E-state index contributed by atoms with van der Waals surface area (Å²) in [6.45, 7) is 2.29. The molecule has 7 nitrogen and oxygen atoms in total. The van der Waals surface area contributed by atoms with Crippen LogP contribution in [0.1, 0.15) is 68.6 Å². The van der Waals surface area contributed by atoms with Gasteiger partial charge in [0.15, 0.2) is 0 Å². The van der Waals surface area contributed by atoms with Crippen LogP contribution in [0.15, 0.2) is 78.9 Å². The summed E-state index contributed by atoms with van der Waals surface area (Å²) < 4.78 is 40.5. The van der Waals surface area contributed by atoms with Crippen molar-refractivity contribution in [3.8, 4) is 0 Å². The molecule has 4 rings (SSSR count). The van der Waals surface area contributed by atoms with E-state index in [2.05, 4.69) is 5.32 Å². The molecule has 3 aromatic rings. The topological polar surface area (TPSA) is 86.8 Å². The van der Waals surface area contributed by atoms with Crippen molar-refractivity contribution in [1.82, 2.24) is 10.2 Å². The zero-order chi connectivity index (χ0) is 31.5. The molecule has 44 heavy (non-hydrogen) atoms. The third-order valence-corrected chi connectivity index (χ3v) is 9.47. The van der Waals surface area contributed by atoms with Gasteiger partial charge in [0.05, 0.1) is 11.9 Å². The van der Waals surface area contributed by atoms with Crippen molar-refractivity contribution in [3.63, 3.8) is 0 Å². The van der Waals surface area contributed by atoms with Crippen LogP contribution in [0, 0.1) is 5.82 Å². The summed E-state index contributed by atoms with van der Waals surface area (Å²) in [4.78, 5) is 29.5. The number of halogens is 1. The van der Waals surface area contributed by atoms with E-state index in [4.69, 9.17) is 0 Å². The minimum absolute atomic E-state index is 0.0439. The summed E-state index contributed by atoms with van der Waals surface area (Å²) in [7, 11) is -3.59. The summed E-state index contributed by atoms with van der Waals surface area (Å²) in [5.41, 5.74) is 3.28. The van der Waals surface area contributed by atoms with Gasteiger partial charge in [0.25, 0.3) is 0 Å². The van der Waals surface area contributed by atoms with Crippen molar-refractivity contribution in [1.29, 1.82) is 0 Å². The minimum Gasteiger partial charge on any atom is -0.352 e. The van der Waals surface area contributed by atoms with Crippen LogP contribution in [0.5, 0.6) is 0 Å². The van der Waals surface area contributed by atoms with Crippen LogP contribution in [-0.2, 0) is 39.0 Å². The first-order chi connectivity index (χ1) is 21.1. The minimum atomic E-state index is -3.59. The van der Waals surface area contributed by atoms with Crippen molar-refractivity contribution in [2.45, 2.75) is 83.3 Å². The highest BCUT2D eigenvalue weighted by atomic mass is 32.2. The highest BCUT2D eigenvalue weighted by Gasteiger charge is 2.32. The van der Waals surface area contributed by atoms with E-state index in [-0.39, 0.29) is 49.6 Å². The van der Waals surface area contributed by atoms with Crippen LogP contribution in [0.4, 0.5) is 10.1 Å². The average molecular weight is 622 g/mol. The second kappa shape index (κ2) is 15.8. The highest BCUT2D eigenvalue weighted by Crippen LogP contribution is 2.22. The second-order valence-electron chi connectivity index (χ2n) is 11.7. The number of carbonyl (C=O) groups is 2. The van der Waals surface area contributed by atoms with Crippen molar-refractivity contribution < 1.29 is 22.4 Å². The average Bonchev–Trinajstić information content (AvgIpc) is 3.02. The van der Waals surface area contributed by atoms with E-state index < -0.39 is 16.1 Å². The number of sulfonamides is 1. The Morgan fingerprint density at radius 2 is 1.52 bits per heavy atom. The first kappa shape index (κ1) is 33.2. The standard InChI is InChI=1S/C35H44FN3O4S/c1-3-27-18-22-32(23-19-27)39(44(2,42)43)24-10-15-34(40)38(26-29-16-20-30(36)21-17-29)33(25-28-11-6-4-7-12-28)35(41)37-31-13-8-5-9-14-31/h4,6-7,11-12,16-23,31,33H,3,5,8-10,13-15,24-26H2,1-2H3,(H,37,41)/t33-/m1/s1. The molecule has 1 aliphatic rings. The van der Waals surface area contributed by atoms with Crippen LogP contribution in [0.2, 0.25) is 0 Å². The molecule has 1 N–H and O–H groups in total. The Labute approximate surface area is 261 Å². The molecule has 1 atom stereocenters. The van der Waals surface area contributed by atoms with E-state index in [9.17, 15) is 22.4 Å². The van der Waals surface area contributed by atoms with E-state index >= 15 is 0 Å². The lowest BCUT2D eigenvalue weighted by Crippen LogP contribution is -2.52. The fourth-order valence-corrected chi connectivity index (χ4v) is 6.75. The molecule has 0 heterocycles. The van der Waals surface area contributed by atoms with E-state index in [1.807, 2.05) is 49.4 Å². The van der Waals surface area contributed by atoms with E-state index in [0.717, 1.165) is 55.9 Å². The molecule has 1 aliphatic carbocycles. The molecular formula is C35H44FN3O4S. The lowest BCUT2D eigenvalue weighted by Gasteiger charge is -2.34. The number of amides is 2. The zero-order valence-corrected chi connectivity index (χ0v) is 26.6. The van der Waals surface area contributed by atoms with Gasteiger partial charge in [-0.05, 0) is 66.6 Å². The number of rotatable bonds is 14. The summed E-state index contributed by atoms with van der Waals surface area (Å²) in [6.07, 6.45) is 7.74. The van der Waals surface area contributed by atoms with Gasteiger partial charge in [-0.25, -0.2) is 12.8 Å². The first-order valence-corrected chi connectivity index (χ1v) is 17.4. The van der Waals surface area contributed by atoms with Crippen LogP contribution in [0.25, 0.3) is 0 Å². The molecular weight excluding hydrogens is 577 g/mol. The normalized spacial score (nSPS) is 14.5. The lowest BCUT2D eigenvalue weighted by molar-refractivity contribution is -0.141. The van der Waals surface area contributed by atoms with Crippen LogP contribution < -0.4 is 9.62 Å². The maximum atomic E-state index is 14.0. The molecule has 9 heteroatoms. The molecule has 0 aliphatic heterocycles. The van der Waals surface area contributed by atoms with Gasteiger partial charge in [-0.2, -0.15) is 0 Å². The van der Waals surface area contributed by atoms with Crippen molar-refractivity contribution >= 4 is 27.5 Å². The number of hydrogen-bond donors (Lipinski definition) is 1. The van der Waals surface area contributed by atoms with Crippen LogP contribution >= 0.6 is 0 Å². The molecule has 0 spiro atoms. The maximum Gasteiger partial charge on any atom is 0.243 e. The Balaban J connectivity index is 1.57. The Kier molecular flexibility index (Phi) is 11.9. The van der Waals surface area contributed by atoms with Gasteiger partial charge >= 0.3 is 0 Å². The Morgan fingerprint density at radius 1 is 0.886 bits per heavy atom. The van der Waals surface area contributed by atoms with Gasteiger partial charge in [0, 0.05) is 32.0 Å². The van der Waals surface area contributed by atoms with Crippen LogP contribution in [-0.4, -0.2) is 50.0 Å². The predicted molar refractivity (Wildman–Crippen MR) is 173 cm³/mol. The monoisotopic (exact) mass is 621 g/mol. The smallest absolute Gasteiger partial charge is 0.243 e. The van der Waals surface area contributed by atoms with Gasteiger partial charge < -0.3 is 10.2 Å². The van der Waals surface area contributed by atoms with Gasteiger partial charge in [0.1, 0.15) is 11.9 Å². The molecule has 1 fully saturated rings. The van der Waals surface area contributed by atoms with Gasteiger partial charge in [-0.15, -0.1) is 0 Å². The summed E-state index contributed by atoms with van der Waals surface area (Å²) in [5, 5.41) is 3.21. The van der Waals surface area contributed by atoms with Gasteiger partial charge in [-0.1, -0.05) is 80.8 Å². The molecule has 0 radical (unpaired) electrons. The number of anilines is 1. The highest BCUT2D eigenvalue weighted by molar-refractivity contribution is 7.92. The molecule has 2 amide bonds. The summed E-state index contributed by atoms with van der Waals surface area (Å²) in [5.74, 6) is -0.843. The zero-order valence-electron chi connectivity index (χ0n) is 25.8. The number of carbonyl (C=O) groups excluding carboxylic acids is 2. The van der Waals surface area contributed by atoms with E-state index in [0.29, 0.717) is 17.7 Å². The Hall–Kier alpha value is -3.72. The SMILES string of the molecule is CCc1ccc(N(CCCC(=O)N(Cc2ccc(F)cc2)[C@H](Cc2ccccc2)C(=O)NC2CCCCC2)S(C)(=O)=O)cc1. The van der Waals surface area contributed by atoms with E-state index in [1.165, 1.54) is 16.4 Å². The number of nitrogens with one attached hydrogen (secondary N) is 1. The Bertz CT molecular complexity index is 1460. The number of benzene rings is 3. The van der Waals surface area contributed by atoms with E-state index in [1.54, 1.807) is 29.2 Å². The number of aryl methyl sites for hydroxylation is 1. The predicted octanol–water partition coefficient (Wildman–Crippen LogP) is 6.02. The molecule has 0 saturated heterocycles. The molecule has 3 aromatic carbocycles. The summed E-state index contributed by atoms with van der Waals surface area (Å²) >= 11 is 0. The number of hydrogen-bond acceptors (Lipinski definition) is 4. The molecule has 236 valence electrons. The van der Waals surface area contributed by atoms with Crippen molar-refractivity contribution in [2.75, 3.05) is 17.1 Å². The van der Waals surface area contributed by atoms with Crippen molar-refractivity contribution in [3.05, 3.63) is 101 Å². The Morgan fingerprint density at radius 3 is 2.14 bits per heavy atom. The fourth-order valence-electron chi connectivity index (χ4n) is 5.79. The van der Waals surface area contributed by atoms with Crippen LogP contribution in [0.3, 0.4) is 0 Å². The molecule has 0 aromatic heterocycles. The van der Waals surface area contributed by atoms with Gasteiger partial charge in [0.2, 0.25) is 21.8 Å². The first-order valence-electron chi connectivity index (χ1n) is 15.6. The number of nitrogens with zero attached hydrogens (tertiary/aromatic N) is 2. The maximum absolute atomic E-state index is 14.0. The third-order valence-electron chi connectivity index (χ3n) is 8.27. The van der Waals surface area contributed by atoms with Crippen molar-refractivity contribution in [2.24, 2.45) is 0 Å².